The molecule has 1 saturated heterocycles. The van der Waals surface area contributed by atoms with E-state index in [0.717, 1.165) is 35.5 Å². The molecule has 3 amide bonds. The van der Waals surface area contributed by atoms with Crippen LogP contribution >= 0.6 is 0 Å². The first-order chi connectivity index (χ1) is 16.2. The van der Waals surface area contributed by atoms with Crippen LogP contribution in [0.2, 0.25) is 0 Å². The van der Waals surface area contributed by atoms with Crippen LogP contribution in [0, 0.1) is 19.8 Å². The van der Waals surface area contributed by atoms with Gasteiger partial charge >= 0.3 is 11.8 Å². The summed E-state index contributed by atoms with van der Waals surface area (Å²) in [6.07, 6.45) is 4.39. The number of pyridine rings is 1. The number of aryl methyl sites for hydroxylation is 2. The van der Waals surface area contributed by atoms with Crippen LogP contribution in [-0.4, -0.2) is 43.9 Å². The molecular weight excluding hydrogens is 432 g/mol. The number of piperidine rings is 1. The maximum absolute atomic E-state index is 13.2. The number of anilines is 1. The predicted octanol–water partition coefficient (Wildman–Crippen LogP) is 2.92. The monoisotopic (exact) mass is 460 g/mol. The van der Waals surface area contributed by atoms with Gasteiger partial charge < -0.3 is 16.0 Å². The number of hydrogen-bond acceptors (Lipinski definition) is 5. The Morgan fingerprint density at radius 3 is 2.44 bits per heavy atom. The Hall–Kier alpha value is -4.01. The van der Waals surface area contributed by atoms with Gasteiger partial charge in [-0.1, -0.05) is 19.1 Å². The molecule has 0 spiro atoms. The third-order valence-electron chi connectivity index (χ3n) is 6.09. The second-order valence-electron chi connectivity index (χ2n) is 8.87. The standard InChI is InChI=1S/C25H28N6O3/c1-15-4-9-22(18-5-7-21(8-6-18)31-17(3)10-16(2)29-31)30(14-15)25(34)24(33)28-20-11-19(23(26)32)12-27-13-20/h5-8,10-13,15,22H,4,9,14H2,1-3H3,(H2,26,32)(H,28,33)/t15-,22+/m1/s1. The molecule has 2 atom stereocenters. The highest BCUT2D eigenvalue weighted by Crippen LogP contribution is 2.34. The van der Waals surface area contributed by atoms with Crippen LogP contribution < -0.4 is 11.1 Å². The summed E-state index contributed by atoms with van der Waals surface area (Å²) in [5, 5.41) is 7.07. The normalized spacial score (nSPS) is 17.9. The lowest BCUT2D eigenvalue weighted by molar-refractivity contribution is -0.146. The molecule has 1 aliphatic heterocycles. The van der Waals surface area contributed by atoms with Crippen molar-refractivity contribution in [1.82, 2.24) is 19.7 Å². The first kappa shape index (κ1) is 23.2. The average molecular weight is 461 g/mol. The number of likely N-dealkylation sites (tertiary alicyclic amines) is 1. The molecular formula is C25H28N6O3. The first-order valence-corrected chi connectivity index (χ1v) is 11.2. The Balaban J connectivity index is 1.54. The van der Waals surface area contributed by atoms with Gasteiger partial charge in [-0.25, -0.2) is 4.68 Å². The summed E-state index contributed by atoms with van der Waals surface area (Å²) in [4.78, 5) is 42.9. The summed E-state index contributed by atoms with van der Waals surface area (Å²) in [6.45, 7) is 6.51. The number of nitrogens with zero attached hydrogens (tertiary/aromatic N) is 4. The molecule has 1 aromatic carbocycles. The minimum Gasteiger partial charge on any atom is -0.366 e. The summed E-state index contributed by atoms with van der Waals surface area (Å²) in [5.74, 6) is -1.78. The van der Waals surface area contributed by atoms with Gasteiger partial charge in [0.15, 0.2) is 0 Å². The van der Waals surface area contributed by atoms with Crippen molar-refractivity contribution in [3.8, 4) is 5.69 Å². The van der Waals surface area contributed by atoms with E-state index in [1.165, 1.54) is 18.5 Å². The van der Waals surface area contributed by atoms with Crippen LogP contribution in [0.5, 0.6) is 0 Å². The number of amides is 3. The van der Waals surface area contributed by atoms with Crippen LogP contribution in [0.15, 0.2) is 48.8 Å². The topological polar surface area (TPSA) is 123 Å². The van der Waals surface area contributed by atoms with E-state index in [1.54, 1.807) is 4.90 Å². The zero-order chi connectivity index (χ0) is 24.4. The van der Waals surface area contributed by atoms with E-state index in [4.69, 9.17) is 5.73 Å². The van der Waals surface area contributed by atoms with Crippen molar-refractivity contribution in [1.29, 1.82) is 0 Å². The fraction of sp³-hybridized carbons (Fsp3) is 0.320. The fourth-order valence-corrected chi connectivity index (χ4v) is 4.41. The number of benzene rings is 1. The van der Waals surface area contributed by atoms with Crippen LogP contribution in [-0.2, 0) is 9.59 Å². The van der Waals surface area contributed by atoms with Crippen molar-refractivity contribution in [2.24, 2.45) is 11.7 Å². The summed E-state index contributed by atoms with van der Waals surface area (Å²) < 4.78 is 1.88. The molecule has 0 radical (unpaired) electrons. The second kappa shape index (κ2) is 9.46. The second-order valence-corrected chi connectivity index (χ2v) is 8.87. The van der Waals surface area contributed by atoms with Crippen LogP contribution in [0.4, 0.5) is 5.69 Å². The van der Waals surface area contributed by atoms with Gasteiger partial charge in [0.25, 0.3) is 0 Å². The predicted molar refractivity (Wildman–Crippen MR) is 127 cm³/mol. The molecule has 9 heteroatoms. The Kier molecular flexibility index (Phi) is 6.45. The van der Waals surface area contributed by atoms with Crippen LogP contribution in [0.25, 0.3) is 5.69 Å². The van der Waals surface area contributed by atoms with E-state index >= 15 is 0 Å². The van der Waals surface area contributed by atoms with Crippen molar-refractivity contribution in [2.75, 3.05) is 11.9 Å². The molecule has 3 N–H and O–H groups in total. The Labute approximate surface area is 198 Å². The lowest BCUT2D eigenvalue weighted by Gasteiger charge is -2.38. The average Bonchev–Trinajstić information content (AvgIpc) is 3.16. The highest BCUT2D eigenvalue weighted by atomic mass is 16.2. The molecule has 0 bridgehead atoms. The van der Waals surface area contributed by atoms with E-state index < -0.39 is 17.7 Å². The van der Waals surface area contributed by atoms with Gasteiger partial charge in [0.2, 0.25) is 5.91 Å². The Morgan fingerprint density at radius 1 is 1.06 bits per heavy atom. The van der Waals surface area contributed by atoms with Gasteiger partial charge in [0, 0.05) is 18.4 Å². The van der Waals surface area contributed by atoms with Gasteiger partial charge in [0.1, 0.15) is 0 Å². The third kappa shape index (κ3) is 4.83. The molecule has 1 aliphatic rings. The number of hydrogen-bond donors (Lipinski definition) is 2. The number of nitrogens with two attached hydrogens (primary N) is 1. The zero-order valence-corrected chi connectivity index (χ0v) is 19.5. The smallest absolute Gasteiger partial charge is 0.313 e. The Bertz CT molecular complexity index is 1230. The van der Waals surface area contributed by atoms with E-state index in [1.807, 2.05) is 48.9 Å². The van der Waals surface area contributed by atoms with Gasteiger partial charge in [-0.2, -0.15) is 5.10 Å². The maximum atomic E-state index is 13.2. The lowest BCUT2D eigenvalue weighted by Crippen LogP contribution is -2.46. The number of primary amides is 1. The highest BCUT2D eigenvalue weighted by Gasteiger charge is 2.34. The lowest BCUT2D eigenvalue weighted by atomic mass is 9.89. The largest absolute Gasteiger partial charge is 0.366 e. The molecule has 0 saturated carbocycles. The van der Waals surface area contributed by atoms with E-state index in [9.17, 15) is 14.4 Å². The van der Waals surface area contributed by atoms with Crippen molar-refractivity contribution in [3.63, 3.8) is 0 Å². The molecule has 2 aromatic heterocycles. The van der Waals surface area contributed by atoms with E-state index in [2.05, 4.69) is 22.3 Å². The summed E-state index contributed by atoms with van der Waals surface area (Å²) in [7, 11) is 0. The van der Waals surface area contributed by atoms with Gasteiger partial charge in [-0.15, -0.1) is 0 Å². The summed E-state index contributed by atoms with van der Waals surface area (Å²) >= 11 is 0. The number of carbonyl (C=O) groups excluding carboxylic acids is 3. The van der Waals surface area contributed by atoms with Crippen molar-refractivity contribution in [2.45, 2.75) is 39.7 Å². The van der Waals surface area contributed by atoms with Crippen molar-refractivity contribution >= 4 is 23.4 Å². The minimum absolute atomic E-state index is 0.150. The molecule has 3 aromatic rings. The molecule has 4 rings (SSSR count). The summed E-state index contributed by atoms with van der Waals surface area (Å²) in [6, 6.07) is 11.2. The quantitative estimate of drug-likeness (QED) is 0.580. The highest BCUT2D eigenvalue weighted by molar-refractivity contribution is 6.39. The molecule has 0 aliphatic carbocycles. The van der Waals surface area contributed by atoms with Gasteiger partial charge in [-0.3, -0.25) is 19.4 Å². The maximum Gasteiger partial charge on any atom is 0.313 e. The molecule has 34 heavy (non-hydrogen) atoms. The molecule has 1 fully saturated rings. The fourth-order valence-electron chi connectivity index (χ4n) is 4.41. The minimum atomic E-state index is -0.776. The molecule has 176 valence electrons. The van der Waals surface area contributed by atoms with Crippen LogP contribution in [0.1, 0.15) is 53.1 Å². The number of carbonyl (C=O) groups is 3. The van der Waals surface area contributed by atoms with E-state index in [-0.39, 0.29) is 23.2 Å². The van der Waals surface area contributed by atoms with Crippen molar-refractivity contribution < 1.29 is 14.4 Å². The number of rotatable bonds is 4. The van der Waals surface area contributed by atoms with Crippen molar-refractivity contribution in [3.05, 3.63) is 71.3 Å². The van der Waals surface area contributed by atoms with Gasteiger partial charge in [-0.05, 0) is 62.4 Å². The third-order valence-corrected chi connectivity index (χ3v) is 6.09. The SMILES string of the molecule is Cc1cc(C)n(-c2ccc([C@@H]3CC[C@@H](C)CN3C(=O)C(=O)Nc3cncc(C(N)=O)c3)cc2)n1. The van der Waals surface area contributed by atoms with E-state index in [0.29, 0.717) is 6.54 Å². The number of aromatic nitrogens is 3. The Morgan fingerprint density at radius 2 is 1.79 bits per heavy atom. The zero-order valence-electron chi connectivity index (χ0n) is 19.5. The number of nitrogens with one attached hydrogen (secondary N) is 1. The van der Waals surface area contributed by atoms with Crippen LogP contribution in [0.3, 0.4) is 0 Å². The summed E-state index contributed by atoms with van der Waals surface area (Å²) in [5.41, 5.74) is 9.56. The molecule has 0 unspecified atom stereocenters. The molecule has 9 nitrogen and oxygen atoms in total. The van der Waals surface area contributed by atoms with Gasteiger partial charge in [0.05, 0.1) is 34.9 Å². The molecule has 3 heterocycles. The first-order valence-electron chi connectivity index (χ1n) is 11.2.